The van der Waals surface area contributed by atoms with Crippen LogP contribution in [-0.4, -0.2) is 28.6 Å². The molecule has 0 spiro atoms. The number of carbonyl (C=O) groups is 2. The summed E-state index contributed by atoms with van der Waals surface area (Å²) in [5, 5.41) is 12.3. The van der Waals surface area contributed by atoms with Crippen LogP contribution in [0.4, 0.5) is 10.8 Å². The lowest BCUT2D eigenvalue weighted by Crippen LogP contribution is -2.24. The van der Waals surface area contributed by atoms with E-state index in [1.807, 2.05) is 43.3 Å². The average Bonchev–Trinajstić information content (AvgIpc) is 3.29. The molecule has 1 fully saturated rings. The zero-order chi connectivity index (χ0) is 19.7. The maximum atomic E-state index is 12.5. The van der Waals surface area contributed by atoms with Crippen LogP contribution in [0, 0.1) is 6.92 Å². The number of rotatable bonds is 4. The number of nitrogens with zero attached hydrogens (tertiary/aromatic N) is 3. The molecule has 6 nitrogen and oxygen atoms in total. The van der Waals surface area contributed by atoms with Gasteiger partial charge in [0, 0.05) is 34.6 Å². The highest BCUT2D eigenvalue weighted by Gasteiger charge is 2.34. The van der Waals surface area contributed by atoms with Crippen LogP contribution in [0.5, 0.6) is 0 Å². The number of hydrogen-bond acceptors (Lipinski definition) is 5. The maximum absolute atomic E-state index is 12.5. The summed E-state index contributed by atoms with van der Waals surface area (Å²) >= 11 is 4.67. The molecule has 3 aromatic rings. The smallest absolute Gasteiger partial charge is 0.257 e. The molecule has 1 N–H and O–H groups in total. The number of halogens is 1. The number of anilines is 2. The first-order valence-electron chi connectivity index (χ1n) is 8.77. The molecule has 142 valence electrons. The summed E-state index contributed by atoms with van der Waals surface area (Å²) in [6.45, 7) is 2.57. The molecule has 1 aliphatic rings. The molecule has 8 heteroatoms. The number of aryl methyl sites for hydroxylation is 1. The van der Waals surface area contributed by atoms with Crippen molar-refractivity contribution >= 4 is 49.9 Å². The molecule has 28 heavy (non-hydrogen) atoms. The van der Waals surface area contributed by atoms with Crippen molar-refractivity contribution in [3.8, 4) is 0 Å². The van der Waals surface area contributed by atoms with Gasteiger partial charge in [0.1, 0.15) is 5.01 Å². The van der Waals surface area contributed by atoms with E-state index in [1.165, 1.54) is 11.3 Å². The van der Waals surface area contributed by atoms with Crippen molar-refractivity contribution in [2.45, 2.75) is 19.3 Å². The third-order valence-corrected chi connectivity index (χ3v) is 6.08. The lowest BCUT2D eigenvalue weighted by molar-refractivity contribution is -0.117. The molecule has 0 radical (unpaired) electrons. The lowest BCUT2D eigenvalue weighted by atomic mass is 10.1. The number of nitrogens with one attached hydrogen (secondary N) is 1. The molecule has 1 atom stereocenters. The van der Waals surface area contributed by atoms with Gasteiger partial charge >= 0.3 is 0 Å². The molecule has 1 aliphatic heterocycles. The van der Waals surface area contributed by atoms with Crippen LogP contribution in [0.1, 0.15) is 33.3 Å². The third-order valence-electron chi connectivity index (χ3n) is 4.56. The van der Waals surface area contributed by atoms with E-state index in [4.69, 9.17) is 0 Å². The average molecular weight is 457 g/mol. The Morgan fingerprint density at radius 2 is 2.00 bits per heavy atom. The Kier molecular flexibility index (Phi) is 5.23. The number of hydrogen-bond donors (Lipinski definition) is 1. The Labute approximate surface area is 174 Å². The minimum absolute atomic E-state index is 0.0242. The quantitative estimate of drug-likeness (QED) is 0.631. The molecular formula is C20H17BrN4O2S. The van der Waals surface area contributed by atoms with Gasteiger partial charge in [-0.25, -0.2) is 0 Å². The Bertz CT molecular complexity index is 1030. The Morgan fingerprint density at radius 1 is 1.21 bits per heavy atom. The van der Waals surface area contributed by atoms with Crippen molar-refractivity contribution in [3.63, 3.8) is 0 Å². The van der Waals surface area contributed by atoms with Gasteiger partial charge in [-0.3, -0.25) is 14.9 Å². The van der Waals surface area contributed by atoms with Crippen molar-refractivity contribution < 1.29 is 9.59 Å². The highest BCUT2D eigenvalue weighted by Crippen LogP contribution is 2.34. The van der Waals surface area contributed by atoms with Crippen LogP contribution in [0.2, 0.25) is 0 Å². The summed E-state index contributed by atoms with van der Waals surface area (Å²) in [5.74, 6) is -0.186. The van der Waals surface area contributed by atoms with E-state index in [1.54, 1.807) is 17.0 Å². The predicted molar refractivity (Wildman–Crippen MR) is 113 cm³/mol. The summed E-state index contributed by atoms with van der Waals surface area (Å²) in [7, 11) is 0. The predicted octanol–water partition coefficient (Wildman–Crippen LogP) is 4.38. The highest BCUT2D eigenvalue weighted by molar-refractivity contribution is 9.10. The van der Waals surface area contributed by atoms with Crippen LogP contribution in [0.15, 0.2) is 53.0 Å². The van der Waals surface area contributed by atoms with Crippen molar-refractivity contribution in [2.75, 3.05) is 16.8 Å². The van der Waals surface area contributed by atoms with Crippen LogP contribution in [0.3, 0.4) is 0 Å². The molecule has 2 aromatic carbocycles. The number of benzene rings is 2. The molecule has 2 amide bonds. The summed E-state index contributed by atoms with van der Waals surface area (Å²) in [6, 6.07) is 15.0. The number of aromatic nitrogens is 2. The van der Waals surface area contributed by atoms with Gasteiger partial charge in [-0.05, 0) is 48.9 Å². The van der Waals surface area contributed by atoms with Gasteiger partial charge in [0.25, 0.3) is 5.91 Å². The van der Waals surface area contributed by atoms with Crippen molar-refractivity contribution in [2.24, 2.45) is 0 Å². The molecule has 0 bridgehead atoms. The van der Waals surface area contributed by atoms with Gasteiger partial charge in [0.05, 0.1) is 0 Å². The molecule has 1 unspecified atom stereocenters. The van der Waals surface area contributed by atoms with E-state index in [-0.39, 0.29) is 17.7 Å². The van der Waals surface area contributed by atoms with Crippen molar-refractivity contribution in [3.05, 3.63) is 69.1 Å². The molecule has 2 heterocycles. The minimum Gasteiger partial charge on any atom is -0.312 e. The normalized spacial score (nSPS) is 16.4. The topological polar surface area (TPSA) is 75.2 Å². The van der Waals surface area contributed by atoms with Crippen LogP contribution in [0.25, 0.3) is 0 Å². The second-order valence-electron chi connectivity index (χ2n) is 6.65. The first kappa shape index (κ1) is 18.8. The second-order valence-corrected chi connectivity index (χ2v) is 8.58. The first-order chi connectivity index (χ1) is 13.5. The fourth-order valence-corrected chi connectivity index (χ4v) is 4.23. The van der Waals surface area contributed by atoms with Gasteiger partial charge in [0.15, 0.2) is 0 Å². The second kappa shape index (κ2) is 7.81. The van der Waals surface area contributed by atoms with Gasteiger partial charge in [0.2, 0.25) is 11.0 Å². The van der Waals surface area contributed by atoms with Crippen molar-refractivity contribution in [1.29, 1.82) is 0 Å². The highest BCUT2D eigenvalue weighted by atomic mass is 79.9. The van der Waals surface area contributed by atoms with Crippen LogP contribution in [-0.2, 0) is 4.79 Å². The van der Waals surface area contributed by atoms with Crippen LogP contribution < -0.4 is 10.2 Å². The summed E-state index contributed by atoms with van der Waals surface area (Å²) in [4.78, 5) is 26.6. The summed E-state index contributed by atoms with van der Waals surface area (Å²) in [6.07, 6.45) is 0.392. The Hall–Kier alpha value is -2.58. The monoisotopic (exact) mass is 456 g/mol. The molecule has 1 aromatic heterocycles. The van der Waals surface area contributed by atoms with Gasteiger partial charge in [-0.15, -0.1) is 10.2 Å². The first-order valence-corrected chi connectivity index (χ1v) is 10.4. The maximum Gasteiger partial charge on any atom is 0.257 e. The SMILES string of the molecule is Cc1cccc(N2CC(c3nnc(NC(=O)c4ccc(Br)cc4)s3)CC2=O)c1. The van der Waals surface area contributed by atoms with E-state index in [0.29, 0.717) is 23.7 Å². The largest absolute Gasteiger partial charge is 0.312 e. The van der Waals surface area contributed by atoms with Crippen LogP contribution >= 0.6 is 27.3 Å². The van der Waals surface area contributed by atoms with E-state index in [2.05, 4.69) is 31.4 Å². The molecular weight excluding hydrogens is 440 g/mol. The van der Waals surface area contributed by atoms with E-state index < -0.39 is 0 Å². The zero-order valence-electron chi connectivity index (χ0n) is 15.1. The standard InChI is InChI=1S/C20H17BrN4O2S/c1-12-3-2-4-16(9-12)25-11-14(10-17(25)26)19-23-24-20(28-19)22-18(27)13-5-7-15(21)8-6-13/h2-9,14H,10-11H2,1H3,(H,22,24,27). The number of carbonyl (C=O) groups excluding carboxylic acids is 2. The summed E-state index contributed by atoms with van der Waals surface area (Å²) in [5.41, 5.74) is 2.56. The molecule has 1 saturated heterocycles. The summed E-state index contributed by atoms with van der Waals surface area (Å²) < 4.78 is 0.909. The Morgan fingerprint density at radius 3 is 2.75 bits per heavy atom. The fourth-order valence-electron chi connectivity index (χ4n) is 3.14. The van der Waals surface area contributed by atoms with Gasteiger partial charge < -0.3 is 4.90 Å². The molecule has 0 aliphatic carbocycles. The van der Waals surface area contributed by atoms with E-state index in [9.17, 15) is 9.59 Å². The lowest BCUT2D eigenvalue weighted by Gasteiger charge is -2.16. The number of amides is 2. The van der Waals surface area contributed by atoms with Gasteiger partial charge in [-0.1, -0.05) is 39.4 Å². The third kappa shape index (κ3) is 3.98. The molecule has 4 rings (SSSR count). The van der Waals surface area contributed by atoms with E-state index in [0.717, 1.165) is 20.7 Å². The molecule has 0 saturated carbocycles. The van der Waals surface area contributed by atoms with E-state index >= 15 is 0 Å². The van der Waals surface area contributed by atoms with Gasteiger partial charge in [-0.2, -0.15) is 0 Å². The Balaban J connectivity index is 1.45. The van der Waals surface area contributed by atoms with Crippen molar-refractivity contribution in [1.82, 2.24) is 10.2 Å². The fraction of sp³-hybridized carbons (Fsp3) is 0.200. The minimum atomic E-state index is -0.237. The zero-order valence-corrected chi connectivity index (χ0v) is 17.5.